The lowest BCUT2D eigenvalue weighted by atomic mass is 10.1. The Morgan fingerprint density at radius 3 is 2.53 bits per heavy atom. The van der Waals surface area contributed by atoms with E-state index in [1.54, 1.807) is 6.07 Å². The van der Waals surface area contributed by atoms with Crippen molar-refractivity contribution in [2.75, 3.05) is 5.33 Å². The molecule has 0 aliphatic heterocycles. The molecule has 94 valence electrons. The third-order valence-electron chi connectivity index (χ3n) is 1.82. The highest BCUT2D eigenvalue weighted by Gasteiger charge is 2.32. The molecule has 0 unspecified atom stereocenters. The Morgan fingerprint density at radius 1 is 1.35 bits per heavy atom. The molecule has 0 N–H and O–H groups in total. The summed E-state index contributed by atoms with van der Waals surface area (Å²) >= 11 is 6.05. The molecule has 1 rings (SSSR count). The largest absolute Gasteiger partial charge is 0.573 e. The van der Waals surface area contributed by atoms with Gasteiger partial charge in [-0.05, 0) is 12.1 Å². The molecule has 0 amide bonds. The zero-order valence-electron chi connectivity index (χ0n) is 8.35. The van der Waals surface area contributed by atoms with Crippen LogP contribution >= 0.6 is 31.9 Å². The quantitative estimate of drug-likeness (QED) is 0.747. The number of alkyl halides is 4. The maximum atomic E-state index is 12.1. The lowest BCUT2D eigenvalue weighted by Crippen LogP contribution is -2.19. The minimum Gasteiger partial charge on any atom is -0.405 e. The molecular formula is C10H7Br2F3O2. The Balaban J connectivity index is 3.04. The van der Waals surface area contributed by atoms with Crippen molar-refractivity contribution in [2.24, 2.45) is 0 Å². The average molecular weight is 376 g/mol. The first-order valence-electron chi connectivity index (χ1n) is 4.44. The fourth-order valence-corrected chi connectivity index (χ4v) is 1.86. The van der Waals surface area contributed by atoms with Crippen molar-refractivity contribution in [3.05, 3.63) is 28.2 Å². The van der Waals surface area contributed by atoms with E-state index in [0.717, 1.165) is 0 Å². The summed E-state index contributed by atoms with van der Waals surface area (Å²) in [5.41, 5.74) is 0.189. The van der Waals surface area contributed by atoms with Crippen LogP contribution in [0.1, 0.15) is 5.56 Å². The molecule has 0 fully saturated rings. The Labute approximate surface area is 112 Å². The van der Waals surface area contributed by atoms with Gasteiger partial charge in [0.2, 0.25) is 0 Å². The zero-order chi connectivity index (χ0) is 13.1. The third kappa shape index (κ3) is 4.67. The van der Waals surface area contributed by atoms with E-state index in [2.05, 4.69) is 36.6 Å². The fourth-order valence-electron chi connectivity index (χ4n) is 1.18. The Hall–Kier alpha value is -0.560. The molecule has 0 saturated heterocycles. The van der Waals surface area contributed by atoms with Gasteiger partial charge in [0.15, 0.2) is 0 Å². The van der Waals surface area contributed by atoms with Crippen LogP contribution in [0.3, 0.4) is 0 Å². The predicted molar refractivity (Wildman–Crippen MR) is 63.3 cm³/mol. The van der Waals surface area contributed by atoms with Gasteiger partial charge in [-0.1, -0.05) is 37.9 Å². The number of carbonyl (C=O) groups is 1. The van der Waals surface area contributed by atoms with Crippen LogP contribution in [0.5, 0.6) is 5.75 Å². The lowest BCUT2D eigenvalue weighted by molar-refractivity contribution is -0.274. The van der Waals surface area contributed by atoms with Gasteiger partial charge in [0.25, 0.3) is 0 Å². The molecule has 7 heteroatoms. The van der Waals surface area contributed by atoms with Gasteiger partial charge in [0, 0.05) is 16.5 Å². The van der Waals surface area contributed by atoms with Crippen LogP contribution in [-0.4, -0.2) is 17.5 Å². The predicted octanol–water partition coefficient (Wildman–Crippen LogP) is 3.85. The van der Waals surface area contributed by atoms with E-state index in [1.807, 2.05) is 0 Å². The fraction of sp³-hybridized carbons (Fsp3) is 0.300. The number of rotatable bonds is 4. The van der Waals surface area contributed by atoms with Gasteiger partial charge in [-0.2, -0.15) is 0 Å². The van der Waals surface area contributed by atoms with E-state index < -0.39 is 6.36 Å². The summed E-state index contributed by atoms with van der Waals surface area (Å²) in [4.78, 5) is 11.2. The summed E-state index contributed by atoms with van der Waals surface area (Å²) in [6, 6.07) is 4.14. The number of ether oxygens (including phenoxy) is 1. The van der Waals surface area contributed by atoms with Gasteiger partial charge in [-0.25, -0.2) is 0 Å². The number of carbonyl (C=O) groups excluding carboxylic acids is 1. The second kappa shape index (κ2) is 5.86. The summed E-state index contributed by atoms with van der Waals surface area (Å²) in [5.74, 6) is -0.593. The summed E-state index contributed by atoms with van der Waals surface area (Å²) in [6.45, 7) is 0. The minimum absolute atomic E-state index is 0.0831. The standard InChI is InChI=1S/C10H7Br2F3O2/c11-5-6(16)4-7-8(12)2-1-3-9(7)17-10(13,14)15/h1-3H,4-5H2. The SMILES string of the molecule is O=C(CBr)Cc1c(Br)cccc1OC(F)(F)F. The first kappa shape index (κ1) is 14.5. The van der Waals surface area contributed by atoms with Gasteiger partial charge in [-0.15, -0.1) is 13.2 Å². The molecular weight excluding hydrogens is 369 g/mol. The Kier molecular flexibility index (Phi) is 5.00. The average Bonchev–Trinajstić information content (AvgIpc) is 2.20. The van der Waals surface area contributed by atoms with Crippen molar-refractivity contribution >= 4 is 37.6 Å². The number of hydrogen-bond donors (Lipinski definition) is 0. The second-order valence-electron chi connectivity index (χ2n) is 3.11. The summed E-state index contributed by atoms with van der Waals surface area (Å²) < 4.78 is 40.7. The first-order chi connectivity index (χ1) is 7.83. The zero-order valence-corrected chi connectivity index (χ0v) is 11.5. The highest BCUT2D eigenvalue weighted by atomic mass is 79.9. The number of halogens is 5. The lowest BCUT2D eigenvalue weighted by Gasteiger charge is -2.13. The Morgan fingerprint density at radius 2 is 2.00 bits per heavy atom. The molecule has 0 bridgehead atoms. The minimum atomic E-state index is -4.77. The molecule has 0 aromatic heterocycles. The maximum absolute atomic E-state index is 12.1. The van der Waals surface area contributed by atoms with E-state index in [9.17, 15) is 18.0 Å². The summed E-state index contributed by atoms with van der Waals surface area (Å²) in [5, 5.41) is 0.0831. The van der Waals surface area contributed by atoms with Gasteiger partial charge < -0.3 is 4.74 Å². The normalized spacial score (nSPS) is 11.4. The first-order valence-corrected chi connectivity index (χ1v) is 6.35. The third-order valence-corrected chi connectivity index (χ3v) is 3.19. The summed E-state index contributed by atoms with van der Waals surface area (Å²) in [6.07, 6.45) is -4.90. The van der Waals surface area contributed by atoms with E-state index >= 15 is 0 Å². The number of ketones is 1. The van der Waals surface area contributed by atoms with Crippen LogP contribution in [0.2, 0.25) is 0 Å². The van der Waals surface area contributed by atoms with Crippen molar-refractivity contribution in [1.82, 2.24) is 0 Å². The van der Waals surface area contributed by atoms with Crippen molar-refractivity contribution in [3.63, 3.8) is 0 Å². The molecule has 0 spiro atoms. The molecule has 0 aliphatic rings. The molecule has 0 radical (unpaired) electrons. The highest BCUT2D eigenvalue weighted by molar-refractivity contribution is 9.10. The van der Waals surface area contributed by atoms with Crippen molar-refractivity contribution in [1.29, 1.82) is 0 Å². The van der Waals surface area contributed by atoms with E-state index in [-0.39, 0.29) is 28.8 Å². The molecule has 0 saturated carbocycles. The summed E-state index contributed by atoms with van der Waals surface area (Å²) in [7, 11) is 0. The monoisotopic (exact) mass is 374 g/mol. The van der Waals surface area contributed by atoms with Crippen molar-refractivity contribution < 1.29 is 22.7 Å². The number of Topliss-reactive ketones (excluding diaryl/α,β-unsaturated/α-hetero) is 1. The molecule has 2 nitrogen and oxygen atoms in total. The van der Waals surface area contributed by atoms with Crippen molar-refractivity contribution in [2.45, 2.75) is 12.8 Å². The van der Waals surface area contributed by atoms with Gasteiger partial charge in [-0.3, -0.25) is 4.79 Å². The topological polar surface area (TPSA) is 26.3 Å². The van der Waals surface area contributed by atoms with Crippen LogP contribution < -0.4 is 4.74 Å². The van der Waals surface area contributed by atoms with Crippen LogP contribution in [0, 0.1) is 0 Å². The highest BCUT2D eigenvalue weighted by Crippen LogP contribution is 2.31. The molecule has 17 heavy (non-hydrogen) atoms. The van der Waals surface area contributed by atoms with Gasteiger partial charge in [0.1, 0.15) is 11.5 Å². The molecule has 0 aliphatic carbocycles. The van der Waals surface area contributed by atoms with Crippen LogP contribution in [-0.2, 0) is 11.2 Å². The second-order valence-corrected chi connectivity index (χ2v) is 4.53. The molecule has 1 aromatic rings. The maximum Gasteiger partial charge on any atom is 0.573 e. The molecule has 0 atom stereocenters. The van der Waals surface area contributed by atoms with Gasteiger partial charge >= 0.3 is 6.36 Å². The smallest absolute Gasteiger partial charge is 0.405 e. The molecule has 1 aromatic carbocycles. The van der Waals surface area contributed by atoms with Crippen molar-refractivity contribution in [3.8, 4) is 5.75 Å². The molecule has 0 heterocycles. The van der Waals surface area contributed by atoms with Crippen LogP contribution in [0.4, 0.5) is 13.2 Å². The Bertz CT molecular complexity index is 419. The van der Waals surface area contributed by atoms with E-state index in [4.69, 9.17) is 0 Å². The number of benzene rings is 1. The van der Waals surface area contributed by atoms with Gasteiger partial charge in [0.05, 0.1) is 5.33 Å². The number of hydrogen-bond acceptors (Lipinski definition) is 2. The van der Waals surface area contributed by atoms with E-state index in [1.165, 1.54) is 12.1 Å². The van der Waals surface area contributed by atoms with Crippen LogP contribution in [0.25, 0.3) is 0 Å². The van der Waals surface area contributed by atoms with Crippen LogP contribution in [0.15, 0.2) is 22.7 Å². The van der Waals surface area contributed by atoms with E-state index in [0.29, 0.717) is 4.47 Å².